The molecule has 0 radical (unpaired) electrons. The van der Waals surface area contributed by atoms with Gasteiger partial charge in [0.1, 0.15) is 25.1 Å². The zero-order valence-electron chi connectivity index (χ0n) is 16.4. The van der Waals surface area contributed by atoms with Gasteiger partial charge in [0.15, 0.2) is 11.5 Å². The SMILES string of the molecule is Cc1cc(F)ccc1NC(=O)[C@@H](NS(=O)(=O)c1ccc2c(c1)OCCO2)C(C)C. The minimum atomic E-state index is -4.00. The van der Waals surface area contributed by atoms with E-state index in [-0.39, 0.29) is 10.8 Å². The van der Waals surface area contributed by atoms with E-state index in [1.807, 2.05) is 0 Å². The lowest BCUT2D eigenvalue weighted by atomic mass is 10.0. The number of aryl methyl sites for hydroxylation is 1. The van der Waals surface area contributed by atoms with Crippen molar-refractivity contribution in [3.63, 3.8) is 0 Å². The fourth-order valence-corrected chi connectivity index (χ4v) is 4.26. The Balaban J connectivity index is 1.81. The third-order valence-electron chi connectivity index (χ3n) is 4.50. The number of anilines is 1. The molecule has 0 spiro atoms. The van der Waals surface area contributed by atoms with Gasteiger partial charge in [-0.3, -0.25) is 4.79 Å². The van der Waals surface area contributed by atoms with E-state index in [9.17, 15) is 17.6 Å². The maximum Gasteiger partial charge on any atom is 0.242 e. The van der Waals surface area contributed by atoms with Crippen LogP contribution in [0, 0.1) is 18.7 Å². The van der Waals surface area contributed by atoms with Crippen molar-refractivity contribution in [3.8, 4) is 11.5 Å². The number of carbonyl (C=O) groups excluding carboxylic acids is 1. The minimum absolute atomic E-state index is 0.0295. The molecule has 1 heterocycles. The lowest BCUT2D eigenvalue weighted by Crippen LogP contribution is -2.47. The van der Waals surface area contributed by atoms with Gasteiger partial charge in [0.2, 0.25) is 15.9 Å². The second kappa shape index (κ2) is 8.38. The van der Waals surface area contributed by atoms with Crippen LogP contribution in [0.15, 0.2) is 41.3 Å². The average molecular weight is 422 g/mol. The largest absolute Gasteiger partial charge is 0.486 e. The maximum atomic E-state index is 13.3. The Morgan fingerprint density at radius 1 is 1.07 bits per heavy atom. The number of halogens is 1. The van der Waals surface area contributed by atoms with Gasteiger partial charge in [-0.2, -0.15) is 4.72 Å². The van der Waals surface area contributed by atoms with E-state index < -0.39 is 27.8 Å². The normalized spacial score (nSPS) is 14.5. The second-order valence-corrected chi connectivity index (χ2v) is 8.81. The van der Waals surface area contributed by atoms with Crippen LogP contribution in [-0.2, 0) is 14.8 Å². The van der Waals surface area contributed by atoms with Crippen LogP contribution in [0.5, 0.6) is 11.5 Å². The van der Waals surface area contributed by atoms with Gasteiger partial charge in [-0.1, -0.05) is 13.8 Å². The Labute approximate surface area is 169 Å². The molecule has 2 aromatic rings. The van der Waals surface area contributed by atoms with Crippen LogP contribution < -0.4 is 19.5 Å². The predicted molar refractivity (Wildman–Crippen MR) is 106 cm³/mol. The fourth-order valence-electron chi connectivity index (χ4n) is 2.90. The van der Waals surface area contributed by atoms with E-state index in [0.29, 0.717) is 36.0 Å². The van der Waals surface area contributed by atoms with Crippen LogP contribution in [0.4, 0.5) is 10.1 Å². The molecule has 2 N–H and O–H groups in total. The summed E-state index contributed by atoms with van der Waals surface area (Å²) in [6.45, 7) is 5.85. The van der Waals surface area contributed by atoms with Crippen molar-refractivity contribution in [1.29, 1.82) is 0 Å². The number of amides is 1. The first-order valence-electron chi connectivity index (χ1n) is 9.16. The molecule has 156 valence electrons. The molecule has 1 aliphatic rings. The summed E-state index contributed by atoms with van der Waals surface area (Å²) in [4.78, 5) is 12.7. The maximum absolute atomic E-state index is 13.3. The van der Waals surface area contributed by atoms with E-state index in [0.717, 1.165) is 0 Å². The molecule has 0 fully saturated rings. The summed E-state index contributed by atoms with van der Waals surface area (Å²) < 4.78 is 52.3. The van der Waals surface area contributed by atoms with Crippen LogP contribution in [0.25, 0.3) is 0 Å². The number of nitrogens with one attached hydrogen (secondary N) is 2. The number of ether oxygens (including phenoxy) is 2. The summed E-state index contributed by atoms with van der Waals surface area (Å²) in [5.74, 6) is -0.467. The highest BCUT2D eigenvalue weighted by molar-refractivity contribution is 7.89. The van der Waals surface area contributed by atoms with Crippen molar-refractivity contribution in [1.82, 2.24) is 4.72 Å². The smallest absolute Gasteiger partial charge is 0.242 e. The van der Waals surface area contributed by atoms with Crippen molar-refractivity contribution in [2.75, 3.05) is 18.5 Å². The van der Waals surface area contributed by atoms with Gasteiger partial charge in [-0.25, -0.2) is 12.8 Å². The Kier molecular flexibility index (Phi) is 6.09. The van der Waals surface area contributed by atoms with E-state index in [4.69, 9.17) is 9.47 Å². The molecule has 29 heavy (non-hydrogen) atoms. The van der Waals surface area contributed by atoms with Crippen molar-refractivity contribution < 1.29 is 27.1 Å². The third-order valence-corrected chi connectivity index (χ3v) is 5.94. The molecule has 0 saturated heterocycles. The van der Waals surface area contributed by atoms with E-state index in [2.05, 4.69) is 10.0 Å². The predicted octanol–water partition coefficient (Wildman–Crippen LogP) is 2.85. The fraction of sp³-hybridized carbons (Fsp3) is 0.350. The molecule has 9 heteroatoms. The molecular formula is C20H23FN2O5S. The summed E-state index contributed by atoms with van der Waals surface area (Å²) in [5, 5.41) is 2.67. The molecule has 0 aliphatic carbocycles. The molecule has 0 unspecified atom stereocenters. The van der Waals surface area contributed by atoms with E-state index in [1.165, 1.54) is 36.4 Å². The van der Waals surface area contributed by atoms with Crippen molar-refractivity contribution in [3.05, 3.63) is 47.8 Å². The van der Waals surface area contributed by atoms with Crippen molar-refractivity contribution in [2.24, 2.45) is 5.92 Å². The second-order valence-electron chi connectivity index (χ2n) is 7.10. The topological polar surface area (TPSA) is 93.7 Å². The Hall–Kier alpha value is -2.65. The summed E-state index contributed by atoms with van der Waals surface area (Å²) in [7, 11) is -4.00. The molecular weight excluding hydrogens is 399 g/mol. The lowest BCUT2D eigenvalue weighted by molar-refractivity contribution is -0.118. The zero-order chi connectivity index (χ0) is 21.2. The minimum Gasteiger partial charge on any atom is -0.486 e. The molecule has 1 aliphatic heterocycles. The van der Waals surface area contributed by atoms with Gasteiger partial charge in [-0.05, 0) is 48.7 Å². The highest BCUT2D eigenvalue weighted by Crippen LogP contribution is 2.32. The first kappa shape index (κ1) is 21.1. The van der Waals surface area contributed by atoms with Gasteiger partial charge >= 0.3 is 0 Å². The summed E-state index contributed by atoms with van der Waals surface area (Å²) in [6.07, 6.45) is 0. The highest BCUT2D eigenvalue weighted by Gasteiger charge is 2.29. The molecule has 7 nitrogen and oxygen atoms in total. The number of hydrogen-bond acceptors (Lipinski definition) is 5. The Morgan fingerprint density at radius 2 is 1.76 bits per heavy atom. The van der Waals surface area contributed by atoms with Crippen LogP contribution in [0.3, 0.4) is 0 Å². The quantitative estimate of drug-likeness (QED) is 0.747. The zero-order valence-corrected chi connectivity index (χ0v) is 17.2. The van der Waals surface area contributed by atoms with Gasteiger partial charge in [0.05, 0.1) is 4.90 Å². The van der Waals surface area contributed by atoms with Gasteiger partial charge in [0.25, 0.3) is 0 Å². The van der Waals surface area contributed by atoms with Crippen LogP contribution in [0.2, 0.25) is 0 Å². The average Bonchev–Trinajstić information content (AvgIpc) is 2.67. The van der Waals surface area contributed by atoms with Gasteiger partial charge in [-0.15, -0.1) is 0 Å². The van der Waals surface area contributed by atoms with Crippen molar-refractivity contribution >= 4 is 21.6 Å². The first-order chi connectivity index (χ1) is 13.7. The van der Waals surface area contributed by atoms with E-state index in [1.54, 1.807) is 20.8 Å². The van der Waals surface area contributed by atoms with Crippen LogP contribution >= 0.6 is 0 Å². The Morgan fingerprint density at radius 3 is 2.41 bits per heavy atom. The number of sulfonamides is 1. The Bertz CT molecular complexity index is 1020. The highest BCUT2D eigenvalue weighted by atomic mass is 32.2. The number of benzene rings is 2. The molecule has 2 aromatic carbocycles. The van der Waals surface area contributed by atoms with Crippen LogP contribution in [0.1, 0.15) is 19.4 Å². The monoisotopic (exact) mass is 422 g/mol. The van der Waals surface area contributed by atoms with Crippen LogP contribution in [-0.4, -0.2) is 33.6 Å². The number of carbonyl (C=O) groups is 1. The molecule has 0 aromatic heterocycles. The number of fused-ring (bicyclic) bond motifs is 1. The standard InChI is InChI=1S/C20H23FN2O5S/c1-12(2)19(20(24)22-16-6-4-14(21)10-13(16)3)23-29(25,26)15-5-7-17-18(11-15)28-9-8-27-17/h4-7,10-12,19,23H,8-9H2,1-3H3,(H,22,24)/t19-/m0/s1. The number of rotatable bonds is 6. The summed E-state index contributed by atoms with van der Waals surface area (Å²) >= 11 is 0. The molecule has 1 atom stereocenters. The van der Waals surface area contributed by atoms with E-state index >= 15 is 0 Å². The third kappa shape index (κ3) is 4.86. The lowest BCUT2D eigenvalue weighted by Gasteiger charge is -2.23. The summed E-state index contributed by atoms with van der Waals surface area (Å²) in [6, 6.07) is 7.22. The molecule has 0 bridgehead atoms. The van der Waals surface area contributed by atoms with Gasteiger partial charge in [0, 0.05) is 11.8 Å². The number of hydrogen-bond donors (Lipinski definition) is 2. The first-order valence-corrected chi connectivity index (χ1v) is 10.6. The molecule has 1 amide bonds. The van der Waals surface area contributed by atoms with Gasteiger partial charge < -0.3 is 14.8 Å². The molecule has 3 rings (SSSR count). The summed E-state index contributed by atoms with van der Waals surface area (Å²) in [5.41, 5.74) is 0.955. The molecule has 0 saturated carbocycles. The van der Waals surface area contributed by atoms with Crippen molar-refractivity contribution in [2.45, 2.75) is 31.7 Å².